The van der Waals surface area contributed by atoms with Gasteiger partial charge < -0.3 is 25.8 Å². The number of carbonyl (C=O) groups excluding carboxylic acids is 1. The molecule has 4 N–H and O–H groups in total. The van der Waals surface area contributed by atoms with Crippen molar-refractivity contribution in [3.8, 4) is 0 Å². The van der Waals surface area contributed by atoms with Gasteiger partial charge in [-0.15, -0.1) is 0 Å². The summed E-state index contributed by atoms with van der Waals surface area (Å²) in [4.78, 5) is 19.0. The highest BCUT2D eigenvalue weighted by atomic mass is 32.1. The molecule has 0 aliphatic carbocycles. The van der Waals surface area contributed by atoms with E-state index in [1.54, 1.807) is 0 Å². The minimum atomic E-state index is -0.575. The number of methoxy groups -OCH3 is 1. The van der Waals surface area contributed by atoms with Crippen LogP contribution in [0.3, 0.4) is 0 Å². The third-order valence-electron chi connectivity index (χ3n) is 3.35. The number of rotatable bonds is 7. The van der Waals surface area contributed by atoms with Crippen molar-refractivity contribution in [3.63, 3.8) is 0 Å². The van der Waals surface area contributed by atoms with Crippen molar-refractivity contribution in [1.82, 2.24) is 10.3 Å². The molecule has 2 rings (SSSR count). The van der Waals surface area contributed by atoms with Crippen LogP contribution in [0.2, 0.25) is 0 Å². The number of aliphatic hydroxyl groups is 1. The number of nitrogen functional groups attached to an aromatic ring is 1. The number of nitrogens with zero attached hydrogens (tertiary/aromatic N) is 2. The maximum Gasteiger partial charge on any atom is 0.265 e. The summed E-state index contributed by atoms with van der Waals surface area (Å²) in [6.45, 7) is 2.58. The second-order valence-corrected chi connectivity index (χ2v) is 6.04. The van der Waals surface area contributed by atoms with Gasteiger partial charge in [-0.1, -0.05) is 11.3 Å². The maximum absolute atomic E-state index is 12.1. The van der Waals surface area contributed by atoms with E-state index in [0.717, 1.165) is 31.1 Å². The third kappa shape index (κ3) is 4.29. The van der Waals surface area contributed by atoms with E-state index in [1.807, 2.05) is 0 Å². The lowest BCUT2D eigenvalue weighted by Crippen LogP contribution is -2.28. The molecule has 0 bridgehead atoms. The van der Waals surface area contributed by atoms with Gasteiger partial charge in [0.15, 0.2) is 5.13 Å². The van der Waals surface area contributed by atoms with Gasteiger partial charge in [0.2, 0.25) is 0 Å². The van der Waals surface area contributed by atoms with Crippen LogP contribution in [0.5, 0.6) is 0 Å². The average Bonchev–Trinajstić information content (AvgIpc) is 3.07. The summed E-state index contributed by atoms with van der Waals surface area (Å²) < 4.78 is 4.83. The second kappa shape index (κ2) is 7.58. The number of nitrogens with one attached hydrogen (secondary N) is 1. The Hall–Kier alpha value is -1.38. The lowest BCUT2D eigenvalue weighted by molar-refractivity contribution is 0.0588. The van der Waals surface area contributed by atoms with Crippen molar-refractivity contribution >= 4 is 28.2 Å². The van der Waals surface area contributed by atoms with Crippen LogP contribution in [0.1, 0.15) is 28.9 Å². The van der Waals surface area contributed by atoms with E-state index in [-0.39, 0.29) is 18.3 Å². The highest BCUT2D eigenvalue weighted by molar-refractivity contribution is 7.18. The van der Waals surface area contributed by atoms with Crippen LogP contribution in [0.25, 0.3) is 0 Å². The number of ether oxygens (including phenoxy) is 1. The van der Waals surface area contributed by atoms with Gasteiger partial charge in [-0.3, -0.25) is 4.79 Å². The second-order valence-electron chi connectivity index (χ2n) is 5.06. The van der Waals surface area contributed by atoms with Gasteiger partial charge in [-0.05, 0) is 19.3 Å². The molecule has 0 saturated carbocycles. The Morgan fingerprint density at radius 3 is 2.95 bits per heavy atom. The molecular weight excluding hydrogens is 292 g/mol. The van der Waals surface area contributed by atoms with E-state index >= 15 is 0 Å². The molecule has 21 heavy (non-hydrogen) atoms. The summed E-state index contributed by atoms with van der Waals surface area (Å²) in [7, 11) is 1.53. The Morgan fingerprint density at radius 1 is 1.57 bits per heavy atom. The summed E-state index contributed by atoms with van der Waals surface area (Å²) in [5, 5.41) is 13.1. The summed E-state index contributed by atoms with van der Waals surface area (Å²) in [6.07, 6.45) is 2.17. The highest BCUT2D eigenvalue weighted by Gasteiger charge is 2.21. The van der Waals surface area contributed by atoms with Crippen molar-refractivity contribution < 1.29 is 14.6 Å². The van der Waals surface area contributed by atoms with Crippen molar-refractivity contribution in [2.75, 3.05) is 44.0 Å². The number of nitrogens with two attached hydrogens (primary N) is 1. The molecule has 8 heteroatoms. The predicted molar refractivity (Wildman–Crippen MR) is 82.8 cm³/mol. The molecule has 1 aromatic rings. The zero-order chi connectivity index (χ0) is 15.2. The first-order valence-corrected chi connectivity index (χ1v) is 7.90. The SMILES string of the molecule is COCC(O)CCNC(=O)c1sc(N2CCCC2)nc1N. The molecule has 1 aliphatic heterocycles. The van der Waals surface area contributed by atoms with Crippen LogP contribution >= 0.6 is 11.3 Å². The molecule has 1 atom stereocenters. The predicted octanol–water partition coefficient (Wildman–Crippen LogP) is 0.453. The molecule has 118 valence electrons. The van der Waals surface area contributed by atoms with Crippen LogP contribution < -0.4 is 16.0 Å². The number of thiazole rings is 1. The van der Waals surface area contributed by atoms with Gasteiger partial charge in [-0.25, -0.2) is 4.98 Å². The van der Waals surface area contributed by atoms with Gasteiger partial charge in [0.25, 0.3) is 5.91 Å². The largest absolute Gasteiger partial charge is 0.391 e. The molecule has 1 aromatic heterocycles. The Kier molecular flexibility index (Phi) is 5.77. The monoisotopic (exact) mass is 314 g/mol. The van der Waals surface area contributed by atoms with E-state index in [1.165, 1.54) is 18.4 Å². The summed E-state index contributed by atoms with van der Waals surface area (Å²) in [6, 6.07) is 0. The number of aromatic nitrogens is 1. The fourth-order valence-corrected chi connectivity index (χ4v) is 3.19. The van der Waals surface area contributed by atoms with Gasteiger partial charge in [0, 0.05) is 26.7 Å². The van der Waals surface area contributed by atoms with Crippen LogP contribution in [0.4, 0.5) is 10.9 Å². The van der Waals surface area contributed by atoms with E-state index in [9.17, 15) is 9.90 Å². The van der Waals surface area contributed by atoms with Crippen molar-refractivity contribution in [2.45, 2.75) is 25.4 Å². The lowest BCUT2D eigenvalue weighted by atomic mass is 10.2. The minimum absolute atomic E-state index is 0.236. The zero-order valence-electron chi connectivity index (χ0n) is 12.2. The molecule has 0 radical (unpaired) electrons. The van der Waals surface area contributed by atoms with Gasteiger partial charge in [-0.2, -0.15) is 0 Å². The van der Waals surface area contributed by atoms with Crippen molar-refractivity contribution in [2.24, 2.45) is 0 Å². The van der Waals surface area contributed by atoms with Gasteiger partial charge in [0.05, 0.1) is 12.7 Å². The van der Waals surface area contributed by atoms with Crippen LogP contribution in [-0.2, 0) is 4.74 Å². The molecule has 7 nitrogen and oxygen atoms in total. The number of carbonyl (C=O) groups is 1. The van der Waals surface area contributed by atoms with Gasteiger partial charge >= 0.3 is 0 Å². The fraction of sp³-hybridized carbons (Fsp3) is 0.692. The fourth-order valence-electron chi connectivity index (χ4n) is 2.23. The lowest BCUT2D eigenvalue weighted by Gasteiger charge is -2.12. The average molecular weight is 314 g/mol. The Morgan fingerprint density at radius 2 is 2.29 bits per heavy atom. The molecule has 0 spiro atoms. The first kappa shape index (κ1) is 16.0. The number of hydrogen-bond donors (Lipinski definition) is 3. The number of amides is 1. The Labute approximate surface area is 128 Å². The summed E-state index contributed by atoms with van der Waals surface area (Å²) >= 11 is 1.32. The number of hydrogen-bond acceptors (Lipinski definition) is 7. The Balaban J connectivity index is 1.87. The molecule has 1 unspecified atom stereocenters. The topological polar surface area (TPSA) is 101 Å². The summed E-state index contributed by atoms with van der Waals surface area (Å²) in [5.74, 6) is 0.0388. The van der Waals surface area contributed by atoms with Gasteiger partial charge in [0.1, 0.15) is 10.7 Å². The zero-order valence-corrected chi connectivity index (χ0v) is 13.0. The maximum atomic E-state index is 12.1. The molecule has 1 aliphatic rings. The summed E-state index contributed by atoms with van der Waals surface area (Å²) in [5.41, 5.74) is 5.83. The first-order chi connectivity index (χ1) is 10.1. The van der Waals surface area contributed by atoms with Crippen LogP contribution in [-0.4, -0.2) is 55.5 Å². The molecule has 1 saturated heterocycles. The van der Waals surface area contributed by atoms with E-state index in [4.69, 9.17) is 10.5 Å². The standard InChI is InChI=1S/C13H22N4O3S/c1-20-8-9(18)4-5-15-12(19)10-11(14)16-13(21-10)17-6-2-3-7-17/h9,18H,2-8,14H2,1H3,(H,15,19). The minimum Gasteiger partial charge on any atom is -0.391 e. The quantitative estimate of drug-likeness (QED) is 0.676. The number of anilines is 2. The van der Waals surface area contributed by atoms with E-state index in [2.05, 4.69) is 15.2 Å². The van der Waals surface area contributed by atoms with Crippen molar-refractivity contribution in [3.05, 3.63) is 4.88 Å². The third-order valence-corrected chi connectivity index (χ3v) is 4.48. The smallest absolute Gasteiger partial charge is 0.265 e. The van der Waals surface area contributed by atoms with Crippen molar-refractivity contribution in [1.29, 1.82) is 0 Å². The highest BCUT2D eigenvalue weighted by Crippen LogP contribution is 2.30. The normalized spacial score (nSPS) is 16.2. The number of aliphatic hydroxyl groups excluding tert-OH is 1. The van der Waals surface area contributed by atoms with E-state index < -0.39 is 6.10 Å². The van der Waals surface area contributed by atoms with Crippen LogP contribution in [0.15, 0.2) is 0 Å². The molecule has 0 aromatic carbocycles. The van der Waals surface area contributed by atoms with Crippen LogP contribution in [0, 0.1) is 0 Å². The molecular formula is C13H22N4O3S. The Bertz CT molecular complexity index is 474. The molecule has 2 heterocycles. The van der Waals surface area contributed by atoms with E-state index in [0.29, 0.717) is 17.8 Å². The first-order valence-electron chi connectivity index (χ1n) is 7.08. The molecule has 1 fully saturated rings. The molecule has 1 amide bonds.